The number of fused-ring (bicyclic) bond motifs is 1. The first-order chi connectivity index (χ1) is 12.9. The molecule has 0 atom stereocenters. The molecule has 4 aromatic rings. The summed E-state index contributed by atoms with van der Waals surface area (Å²) in [7, 11) is 0. The maximum Gasteiger partial charge on any atom is 0.267 e. The van der Waals surface area contributed by atoms with E-state index < -0.39 is 0 Å². The summed E-state index contributed by atoms with van der Waals surface area (Å²) < 4.78 is 14.9. The number of hydrogen-bond donors (Lipinski definition) is 1. The number of carbonyl (C=O) groups is 1. The molecule has 0 bridgehead atoms. The highest BCUT2D eigenvalue weighted by atomic mass is 35.5. The van der Waals surface area contributed by atoms with Gasteiger partial charge < -0.3 is 5.32 Å². The minimum Gasteiger partial charge on any atom is -0.305 e. The highest BCUT2D eigenvalue weighted by molar-refractivity contribution is 7.20. The van der Waals surface area contributed by atoms with Crippen molar-refractivity contribution in [2.45, 2.75) is 6.92 Å². The van der Waals surface area contributed by atoms with Gasteiger partial charge in [0.05, 0.1) is 26.3 Å². The molecule has 0 saturated carbocycles. The Bertz CT molecular complexity index is 1170. The van der Waals surface area contributed by atoms with Crippen molar-refractivity contribution >= 4 is 56.5 Å². The van der Waals surface area contributed by atoms with Gasteiger partial charge in [-0.1, -0.05) is 23.2 Å². The van der Waals surface area contributed by atoms with Crippen molar-refractivity contribution < 1.29 is 9.18 Å². The number of aromatic nitrogens is 3. The number of hydrogen-bond acceptors (Lipinski definition) is 4. The van der Waals surface area contributed by atoms with Gasteiger partial charge in [-0.3, -0.25) is 4.79 Å². The van der Waals surface area contributed by atoms with Gasteiger partial charge in [0.25, 0.3) is 5.91 Å². The molecular weight excluding hydrogens is 410 g/mol. The normalized spacial score (nSPS) is 11.1. The Morgan fingerprint density at radius 1 is 1.22 bits per heavy atom. The highest BCUT2D eigenvalue weighted by Crippen LogP contribution is 2.31. The fourth-order valence-electron chi connectivity index (χ4n) is 2.59. The molecule has 5 nitrogen and oxygen atoms in total. The molecular formula is C18H11Cl2FN4OS. The summed E-state index contributed by atoms with van der Waals surface area (Å²) in [6, 6.07) is 9.28. The number of carbonyl (C=O) groups excluding carboxylic acids is 1. The molecule has 4 rings (SSSR count). The van der Waals surface area contributed by atoms with Crippen molar-refractivity contribution in [1.29, 1.82) is 0 Å². The van der Waals surface area contributed by atoms with Gasteiger partial charge in [0, 0.05) is 11.6 Å². The molecule has 9 heteroatoms. The van der Waals surface area contributed by atoms with Crippen LogP contribution in [-0.2, 0) is 0 Å². The molecule has 0 aliphatic heterocycles. The lowest BCUT2D eigenvalue weighted by Crippen LogP contribution is -2.11. The molecule has 1 aromatic carbocycles. The van der Waals surface area contributed by atoms with E-state index >= 15 is 0 Å². The van der Waals surface area contributed by atoms with E-state index in [1.54, 1.807) is 22.9 Å². The van der Waals surface area contributed by atoms with Crippen LogP contribution in [0, 0.1) is 12.7 Å². The van der Waals surface area contributed by atoms with Gasteiger partial charge in [0.2, 0.25) is 0 Å². The average Bonchev–Trinajstić information content (AvgIpc) is 3.19. The van der Waals surface area contributed by atoms with Crippen LogP contribution in [-0.4, -0.2) is 20.7 Å². The SMILES string of the molecule is Cc1nn(-c2ccc(F)cc2)c2sc(C(=O)Nc3ncc(Cl)cc3Cl)cc12. The smallest absolute Gasteiger partial charge is 0.267 e. The Kier molecular flexibility index (Phi) is 4.59. The van der Waals surface area contributed by atoms with E-state index in [0.29, 0.717) is 15.6 Å². The summed E-state index contributed by atoms with van der Waals surface area (Å²) in [5, 5.41) is 8.65. The Morgan fingerprint density at radius 3 is 2.67 bits per heavy atom. The number of nitrogens with one attached hydrogen (secondary N) is 1. The van der Waals surface area contributed by atoms with E-state index in [2.05, 4.69) is 15.4 Å². The number of halogens is 3. The molecule has 0 unspecified atom stereocenters. The highest BCUT2D eigenvalue weighted by Gasteiger charge is 2.18. The van der Waals surface area contributed by atoms with Crippen LogP contribution in [0.1, 0.15) is 15.4 Å². The number of nitrogens with zero attached hydrogens (tertiary/aromatic N) is 3. The zero-order chi connectivity index (χ0) is 19.1. The summed E-state index contributed by atoms with van der Waals surface area (Å²) in [6.45, 7) is 1.86. The summed E-state index contributed by atoms with van der Waals surface area (Å²) in [5.41, 5.74) is 1.48. The summed E-state index contributed by atoms with van der Waals surface area (Å²) in [4.78, 5) is 17.9. The van der Waals surface area contributed by atoms with E-state index in [4.69, 9.17) is 23.2 Å². The molecule has 0 fully saturated rings. The van der Waals surface area contributed by atoms with Crippen molar-refractivity contribution in [2.24, 2.45) is 0 Å². The van der Waals surface area contributed by atoms with Crippen LogP contribution >= 0.6 is 34.5 Å². The monoisotopic (exact) mass is 420 g/mol. The lowest BCUT2D eigenvalue weighted by molar-refractivity contribution is 0.103. The Balaban J connectivity index is 1.70. The predicted molar refractivity (Wildman–Crippen MR) is 106 cm³/mol. The van der Waals surface area contributed by atoms with Gasteiger partial charge in [0.15, 0.2) is 5.82 Å². The zero-order valence-corrected chi connectivity index (χ0v) is 16.2. The van der Waals surface area contributed by atoms with Crippen molar-refractivity contribution in [3.8, 4) is 5.69 Å². The molecule has 3 aromatic heterocycles. The molecule has 1 N–H and O–H groups in total. The van der Waals surface area contributed by atoms with Crippen LogP contribution in [0.4, 0.5) is 10.2 Å². The van der Waals surface area contributed by atoms with Crippen molar-refractivity contribution in [3.63, 3.8) is 0 Å². The second kappa shape index (κ2) is 6.92. The second-order valence-electron chi connectivity index (χ2n) is 5.74. The number of aryl methyl sites for hydroxylation is 1. The van der Waals surface area contributed by atoms with Gasteiger partial charge in [-0.25, -0.2) is 14.1 Å². The van der Waals surface area contributed by atoms with E-state index in [1.807, 2.05) is 6.92 Å². The van der Waals surface area contributed by atoms with Gasteiger partial charge in [-0.2, -0.15) is 5.10 Å². The first kappa shape index (κ1) is 17.9. The quantitative estimate of drug-likeness (QED) is 0.476. The average molecular weight is 421 g/mol. The summed E-state index contributed by atoms with van der Waals surface area (Å²) >= 11 is 13.2. The number of rotatable bonds is 3. The third kappa shape index (κ3) is 3.41. The standard InChI is InChI=1S/C18H11Cl2FN4OS/c1-9-13-7-15(17(26)23-16-14(20)6-10(19)8-22-16)27-18(13)25(24-9)12-4-2-11(21)3-5-12/h2-8H,1H3,(H,22,23,26). The first-order valence-corrected chi connectivity index (χ1v) is 9.37. The van der Waals surface area contributed by atoms with Gasteiger partial charge in [-0.05, 0) is 43.3 Å². The zero-order valence-electron chi connectivity index (χ0n) is 13.8. The van der Waals surface area contributed by atoms with E-state index in [0.717, 1.165) is 15.9 Å². The minimum atomic E-state index is -0.335. The Morgan fingerprint density at radius 2 is 1.96 bits per heavy atom. The van der Waals surface area contributed by atoms with Crippen molar-refractivity contribution in [2.75, 3.05) is 5.32 Å². The molecule has 1 amide bonds. The topological polar surface area (TPSA) is 59.8 Å². The van der Waals surface area contributed by atoms with E-state index in [-0.39, 0.29) is 22.6 Å². The first-order valence-electron chi connectivity index (χ1n) is 7.80. The predicted octanol–water partition coefficient (Wildman–Crippen LogP) is 5.49. The number of pyridine rings is 1. The fourth-order valence-corrected chi connectivity index (χ4v) is 4.10. The summed E-state index contributed by atoms with van der Waals surface area (Å²) in [6.07, 6.45) is 1.41. The third-order valence-corrected chi connectivity index (χ3v) is 5.48. The molecule has 0 aliphatic carbocycles. The maximum atomic E-state index is 13.2. The van der Waals surface area contributed by atoms with Crippen LogP contribution in [0.3, 0.4) is 0 Å². The largest absolute Gasteiger partial charge is 0.305 e. The molecule has 136 valence electrons. The molecule has 3 heterocycles. The number of benzene rings is 1. The van der Waals surface area contributed by atoms with E-state index in [9.17, 15) is 9.18 Å². The molecule has 27 heavy (non-hydrogen) atoms. The molecule has 0 aliphatic rings. The summed E-state index contributed by atoms with van der Waals surface area (Å²) in [5.74, 6) is -0.421. The van der Waals surface area contributed by atoms with Crippen molar-refractivity contribution in [1.82, 2.24) is 14.8 Å². The number of thiophene rings is 1. The number of amides is 1. The minimum absolute atomic E-state index is 0.236. The lowest BCUT2D eigenvalue weighted by atomic mass is 10.3. The van der Waals surface area contributed by atoms with Gasteiger partial charge in [-0.15, -0.1) is 11.3 Å². The third-order valence-electron chi connectivity index (χ3n) is 3.88. The van der Waals surface area contributed by atoms with Crippen LogP contribution in [0.5, 0.6) is 0 Å². The van der Waals surface area contributed by atoms with Crippen LogP contribution < -0.4 is 5.32 Å². The van der Waals surface area contributed by atoms with Crippen LogP contribution in [0.2, 0.25) is 10.0 Å². The van der Waals surface area contributed by atoms with Gasteiger partial charge >= 0.3 is 0 Å². The second-order valence-corrected chi connectivity index (χ2v) is 7.62. The van der Waals surface area contributed by atoms with Gasteiger partial charge in [0.1, 0.15) is 10.6 Å². The maximum absolute atomic E-state index is 13.2. The van der Waals surface area contributed by atoms with Crippen LogP contribution in [0.15, 0.2) is 42.6 Å². The molecule has 0 saturated heterocycles. The van der Waals surface area contributed by atoms with E-state index in [1.165, 1.54) is 35.7 Å². The van der Waals surface area contributed by atoms with Crippen molar-refractivity contribution in [3.05, 3.63) is 69.0 Å². The number of anilines is 1. The Hall–Kier alpha value is -2.48. The molecule has 0 radical (unpaired) electrons. The molecule has 0 spiro atoms. The van der Waals surface area contributed by atoms with Crippen LogP contribution in [0.25, 0.3) is 15.9 Å². The lowest BCUT2D eigenvalue weighted by Gasteiger charge is -2.05. The fraction of sp³-hybridized carbons (Fsp3) is 0.0556. The Labute approximate surface area is 167 Å².